The molecule has 0 rings (SSSR count). The van der Waals surface area contributed by atoms with Crippen molar-refractivity contribution in [2.75, 3.05) is 40.9 Å². The molecule has 3 N–H and O–H groups in total. The monoisotopic (exact) mass is 842 g/mol. The first kappa shape index (κ1) is 57.0. The lowest BCUT2D eigenvalue weighted by molar-refractivity contribution is -0.870. The van der Waals surface area contributed by atoms with E-state index in [1.54, 1.807) is 6.08 Å². The standard InChI is InChI=1S/C49H97N2O6P/c1-6-8-10-12-14-16-18-20-22-24-25-27-28-30-32-34-36-38-40-42-48(52)47(46-57-58(54,55)56-45-44-51(3,4)5)50-49(53)43-41-39-37-35-33-31-29-26-23-21-19-17-15-13-11-9-7-2/h32,34,40,42,47-48,52H,6-31,33,35-39,41,43-46H2,1-5H3,(H-,50,53,54,55)/p+1/b34-32+,42-40+. The molecule has 0 saturated heterocycles. The number of aliphatic hydroxyl groups is 1. The Bertz CT molecular complexity index is 1000. The quantitative estimate of drug-likeness (QED) is 0.0244. The zero-order valence-corrected chi connectivity index (χ0v) is 39.9. The molecule has 0 aromatic heterocycles. The highest BCUT2D eigenvalue weighted by Gasteiger charge is 2.27. The molecule has 1 amide bonds. The maximum Gasteiger partial charge on any atom is 0.472 e. The van der Waals surface area contributed by atoms with Crippen LogP contribution in [0.2, 0.25) is 0 Å². The number of nitrogens with one attached hydrogen (secondary N) is 1. The summed E-state index contributed by atoms with van der Waals surface area (Å²) in [6.07, 6.45) is 49.7. The normalized spacial score (nSPS) is 14.4. The molecule has 0 aromatic rings. The molecule has 344 valence electrons. The van der Waals surface area contributed by atoms with E-state index in [4.69, 9.17) is 9.05 Å². The summed E-state index contributed by atoms with van der Waals surface area (Å²) in [4.78, 5) is 23.2. The number of aliphatic hydroxyl groups excluding tert-OH is 1. The third kappa shape index (κ3) is 43.1. The van der Waals surface area contributed by atoms with Crippen LogP contribution in [0.1, 0.15) is 232 Å². The van der Waals surface area contributed by atoms with Crippen LogP contribution in [-0.4, -0.2) is 73.4 Å². The molecule has 0 aliphatic rings. The van der Waals surface area contributed by atoms with E-state index in [-0.39, 0.29) is 19.1 Å². The molecule has 0 radical (unpaired) electrons. The fraction of sp³-hybridized carbons (Fsp3) is 0.898. The fourth-order valence-corrected chi connectivity index (χ4v) is 7.97. The van der Waals surface area contributed by atoms with Crippen LogP contribution in [0.25, 0.3) is 0 Å². The number of likely N-dealkylation sites (N-methyl/N-ethyl adjacent to an activating group) is 1. The molecular formula is C49H98N2O6P+. The summed E-state index contributed by atoms with van der Waals surface area (Å²) in [6.45, 7) is 4.82. The average Bonchev–Trinajstić information content (AvgIpc) is 3.17. The lowest BCUT2D eigenvalue weighted by atomic mass is 10.0. The highest BCUT2D eigenvalue weighted by Crippen LogP contribution is 2.43. The highest BCUT2D eigenvalue weighted by atomic mass is 31.2. The van der Waals surface area contributed by atoms with Crippen molar-refractivity contribution in [3.05, 3.63) is 24.3 Å². The van der Waals surface area contributed by atoms with Crippen LogP contribution >= 0.6 is 7.82 Å². The van der Waals surface area contributed by atoms with E-state index in [2.05, 4.69) is 31.3 Å². The van der Waals surface area contributed by atoms with Crippen LogP contribution in [0.3, 0.4) is 0 Å². The van der Waals surface area contributed by atoms with Crippen LogP contribution in [0.4, 0.5) is 0 Å². The van der Waals surface area contributed by atoms with Gasteiger partial charge in [-0.05, 0) is 32.1 Å². The van der Waals surface area contributed by atoms with Crippen molar-refractivity contribution in [1.29, 1.82) is 0 Å². The van der Waals surface area contributed by atoms with Gasteiger partial charge in [0.05, 0.1) is 39.9 Å². The number of rotatable bonds is 45. The Kier molecular flexibility index (Phi) is 40.6. The van der Waals surface area contributed by atoms with Crippen LogP contribution in [0.5, 0.6) is 0 Å². The summed E-state index contributed by atoms with van der Waals surface area (Å²) < 4.78 is 23.6. The third-order valence-electron chi connectivity index (χ3n) is 11.2. The number of phosphoric acid groups is 1. The molecule has 0 spiro atoms. The van der Waals surface area contributed by atoms with E-state index < -0.39 is 20.0 Å². The summed E-state index contributed by atoms with van der Waals surface area (Å²) >= 11 is 0. The average molecular weight is 842 g/mol. The number of carbonyl (C=O) groups excluding carboxylic acids is 1. The first-order valence-electron chi connectivity index (χ1n) is 24.7. The minimum atomic E-state index is -4.34. The predicted octanol–water partition coefficient (Wildman–Crippen LogP) is 14.1. The molecule has 3 atom stereocenters. The number of hydrogen-bond donors (Lipinski definition) is 3. The Morgan fingerprint density at radius 2 is 0.948 bits per heavy atom. The largest absolute Gasteiger partial charge is 0.472 e. The van der Waals surface area contributed by atoms with E-state index in [1.807, 2.05) is 27.2 Å². The van der Waals surface area contributed by atoms with E-state index in [9.17, 15) is 19.4 Å². The predicted molar refractivity (Wildman–Crippen MR) is 249 cm³/mol. The third-order valence-corrected chi connectivity index (χ3v) is 12.2. The number of nitrogens with zero attached hydrogens (tertiary/aromatic N) is 1. The van der Waals surface area contributed by atoms with E-state index in [0.29, 0.717) is 17.4 Å². The molecule has 9 heteroatoms. The van der Waals surface area contributed by atoms with Gasteiger partial charge in [0.1, 0.15) is 13.2 Å². The van der Waals surface area contributed by atoms with Gasteiger partial charge < -0.3 is 19.8 Å². The van der Waals surface area contributed by atoms with Crippen LogP contribution < -0.4 is 5.32 Å². The van der Waals surface area contributed by atoms with Gasteiger partial charge in [0.2, 0.25) is 5.91 Å². The number of hydrogen-bond acceptors (Lipinski definition) is 5. The zero-order valence-electron chi connectivity index (χ0n) is 39.0. The van der Waals surface area contributed by atoms with Crippen molar-refractivity contribution >= 4 is 13.7 Å². The van der Waals surface area contributed by atoms with Crippen LogP contribution in [-0.2, 0) is 18.4 Å². The number of quaternary nitrogens is 1. The SMILES string of the molecule is CCCCCCCCCCCCCCC/C=C/CC/C=C/C(O)C(COP(=O)(O)OCC[N+](C)(C)C)NC(=O)CCCCCCCCCCCCCCCCCCC. The maximum absolute atomic E-state index is 12.9. The maximum atomic E-state index is 12.9. The van der Waals surface area contributed by atoms with Crippen molar-refractivity contribution in [2.45, 2.75) is 244 Å². The Hall–Kier alpha value is -1.02. The second-order valence-electron chi connectivity index (χ2n) is 18.2. The Labute approximate surface area is 360 Å². The summed E-state index contributed by atoms with van der Waals surface area (Å²) in [5.41, 5.74) is 0. The second kappa shape index (κ2) is 41.3. The first-order valence-corrected chi connectivity index (χ1v) is 26.2. The van der Waals surface area contributed by atoms with Gasteiger partial charge in [-0.2, -0.15) is 0 Å². The molecule has 0 bridgehead atoms. The lowest BCUT2D eigenvalue weighted by Gasteiger charge is -2.25. The summed E-state index contributed by atoms with van der Waals surface area (Å²) in [5, 5.41) is 13.9. The number of allylic oxidation sites excluding steroid dienone is 3. The summed E-state index contributed by atoms with van der Waals surface area (Å²) in [6, 6.07) is -0.858. The molecule has 58 heavy (non-hydrogen) atoms. The van der Waals surface area contributed by atoms with Crippen molar-refractivity contribution in [1.82, 2.24) is 5.32 Å². The van der Waals surface area contributed by atoms with E-state index in [0.717, 1.165) is 38.5 Å². The van der Waals surface area contributed by atoms with Gasteiger partial charge >= 0.3 is 7.82 Å². The molecule has 0 aromatic carbocycles. The number of phosphoric ester groups is 1. The molecule has 0 aliphatic carbocycles. The second-order valence-corrected chi connectivity index (χ2v) is 19.6. The van der Waals surface area contributed by atoms with Gasteiger partial charge in [0.15, 0.2) is 0 Å². The molecule has 0 heterocycles. The van der Waals surface area contributed by atoms with Crippen molar-refractivity contribution in [3.63, 3.8) is 0 Å². The Morgan fingerprint density at radius 1 is 0.569 bits per heavy atom. The van der Waals surface area contributed by atoms with Crippen molar-refractivity contribution in [2.24, 2.45) is 0 Å². The smallest absolute Gasteiger partial charge is 0.387 e. The lowest BCUT2D eigenvalue weighted by Crippen LogP contribution is -2.45. The van der Waals surface area contributed by atoms with Gasteiger partial charge in [-0.15, -0.1) is 0 Å². The number of unbranched alkanes of at least 4 members (excludes halogenated alkanes) is 30. The summed E-state index contributed by atoms with van der Waals surface area (Å²) in [5.74, 6) is -0.183. The van der Waals surface area contributed by atoms with Crippen molar-refractivity contribution < 1.29 is 32.9 Å². The minimum Gasteiger partial charge on any atom is -0.387 e. The van der Waals surface area contributed by atoms with Gasteiger partial charge in [0.25, 0.3) is 0 Å². The molecule has 3 unspecified atom stereocenters. The highest BCUT2D eigenvalue weighted by molar-refractivity contribution is 7.47. The van der Waals surface area contributed by atoms with E-state index in [1.165, 1.54) is 173 Å². The molecule has 0 saturated carbocycles. The zero-order chi connectivity index (χ0) is 42.8. The van der Waals surface area contributed by atoms with Gasteiger partial charge in [-0.1, -0.05) is 218 Å². The topological polar surface area (TPSA) is 105 Å². The van der Waals surface area contributed by atoms with Gasteiger partial charge in [-0.25, -0.2) is 4.57 Å². The summed E-state index contributed by atoms with van der Waals surface area (Å²) in [7, 11) is 1.56. The first-order chi connectivity index (χ1) is 28.0. The fourth-order valence-electron chi connectivity index (χ4n) is 7.23. The van der Waals surface area contributed by atoms with Crippen LogP contribution in [0.15, 0.2) is 24.3 Å². The Balaban J connectivity index is 4.37. The molecule has 0 aliphatic heterocycles. The molecule has 0 fully saturated rings. The number of carbonyl (C=O) groups is 1. The number of amides is 1. The van der Waals surface area contributed by atoms with Crippen molar-refractivity contribution in [3.8, 4) is 0 Å². The van der Waals surface area contributed by atoms with Gasteiger partial charge in [0, 0.05) is 6.42 Å². The molecular weight excluding hydrogens is 744 g/mol. The van der Waals surface area contributed by atoms with Crippen LogP contribution in [0, 0.1) is 0 Å². The Morgan fingerprint density at radius 3 is 1.38 bits per heavy atom. The molecule has 8 nitrogen and oxygen atoms in total. The van der Waals surface area contributed by atoms with Gasteiger partial charge in [-0.3, -0.25) is 13.8 Å². The van der Waals surface area contributed by atoms with E-state index >= 15 is 0 Å². The minimum absolute atomic E-state index is 0.0585.